The molecule has 1 unspecified atom stereocenters. The van der Waals surface area contributed by atoms with Crippen LogP contribution in [-0.4, -0.2) is 32.4 Å². The predicted molar refractivity (Wildman–Crippen MR) is 76.3 cm³/mol. The minimum Gasteiger partial charge on any atom is -0.360 e. The molecule has 1 fully saturated rings. The minimum absolute atomic E-state index is 0.536. The Morgan fingerprint density at radius 3 is 2.95 bits per heavy atom. The van der Waals surface area contributed by atoms with Crippen LogP contribution < -0.4 is 0 Å². The van der Waals surface area contributed by atoms with Crippen LogP contribution in [0.2, 0.25) is 0 Å². The molecular weight excluding hydrogens is 252 g/mol. The Kier molecular flexibility index (Phi) is 3.87. The lowest BCUT2D eigenvalue weighted by molar-refractivity contribution is 0.110. The SMILES string of the molecule is Cc1cnn(CC2CCCCN2Cc2cc(C)no2)c1. The zero-order valence-corrected chi connectivity index (χ0v) is 12.2. The zero-order chi connectivity index (χ0) is 13.9. The molecular formula is C15H22N4O. The third-order valence-electron chi connectivity index (χ3n) is 3.94. The first-order chi connectivity index (χ1) is 9.70. The van der Waals surface area contributed by atoms with Gasteiger partial charge in [-0.25, -0.2) is 0 Å². The Hall–Kier alpha value is -1.62. The summed E-state index contributed by atoms with van der Waals surface area (Å²) in [5, 5.41) is 8.38. The standard InChI is InChI=1S/C15H22N4O/c1-12-8-16-19(9-12)10-14-5-3-4-6-18(14)11-15-7-13(2)17-20-15/h7-9,14H,3-6,10-11H2,1-2H3. The van der Waals surface area contributed by atoms with Gasteiger partial charge in [0.25, 0.3) is 0 Å². The number of rotatable bonds is 4. The summed E-state index contributed by atoms with van der Waals surface area (Å²) in [4.78, 5) is 2.50. The van der Waals surface area contributed by atoms with Crippen LogP contribution in [0.3, 0.4) is 0 Å². The highest BCUT2D eigenvalue weighted by Crippen LogP contribution is 2.21. The van der Waals surface area contributed by atoms with Gasteiger partial charge >= 0.3 is 0 Å². The number of nitrogens with zero attached hydrogens (tertiary/aromatic N) is 4. The molecule has 3 rings (SSSR count). The number of hydrogen-bond acceptors (Lipinski definition) is 4. The van der Waals surface area contributed by atoms with Crippen LogP contribution in [0.5, 0.6) is 0 Å². The van der Waals surface area contributed by atoms with E-state index in [-0.39, 0.29) is 0 Å². The van der Waals surface area contributed by atoms with Crippen molar-refractivity contribution in [2.24, 2.45) is 0 Å². The van der Waals surface area contributed by atoms with Crippen molar-refractivity contribution in [3.05, 3.63) is 35.5 Å². The van der Waals surface area contributed by atoms with E-state index in [1.165, 1.54) is 24.8 Å². The average molecular weight is 274 g/mol. The lowest BCUT2D eigenvalue weighted by Gasteiger charge is -2.34. The molecule has 108 valence electrons. The Morgan fingerprint density at radius 2 is 2.25 bits per heavy atom. The molecule has 3 heterocycles. The largest absolute Gasteiger partial charge is 0.360 e. The summed E-state index contributed by atoms with van der Waals surface area (Å²) in [7, 11) is 0. The van der Waals surface area contributed by atoms with Crippen molar-refractivity contribution in [1.29, 1.82) is 0 Å². The number of aryl methyl sites for hydroxylation is 2. The molecule has 20 heavy (non-hydrogen) atoms. The molecule has 0 N–H and O–H groups in total. The Morgan fingerprint density at radius 1 is 1.35 bits per heavy atom. The summed E-state index contributed by atoms with van der Waals surface area (Å²) in [6, 6.07) is 2.57. The Balaban J connectivity index is 1.67. The molecule has 0 bridgehead atoms. The second-order valence-electron chi connectivity index (χ2n) is 5.79. The van der Waals surface area contributed by atoms with Gasteiger partial charge in [-0.05, 0) is 38.8 Å². The molecule has 0 radical (unpaired) electrons. The molecule has 1 atom stereocenters. The molecule has 1 aliphatic heterocycles. The van der Waals surface area contributed by atoms with E-state index in [9.17, 15) is 0 Å². The monoisotopic (exact) mass is 274 g/mol. The smallest absolute Gasteiger partial charge is 0.150 e. The molecule has 0 spiro atoms. The molecule has 0 aromatic carbocycles. The zero-order valence-electron chi connectivity index (χ0n) is 12.2. The quantitative estimate of drug-likeness (QED) is 0.859. The van der Waals surface area contributed by atoms with E-state index in [1.54, 1.807) is 0 Å². The fourth-order valence-corrected chi connectivity index (χ4v) is 2.95. The van der Waals surface area contributed by atoms with Crippen LogP contribution in [0.15, 0.2) is 23.0 Å². The Labute approximate surface area is 119 Å². The van der Waals surface area contributed by atoms with Crippen molar-refractivity contribution in [1.82, 2.24) is 19.8 Å². The normalized spacial score (nSPS) is 20.4. The third kappa shape index (κ3) is 3.10. The van der Waals surface area contributed by atoms with Crippen LogP contribution in [0.1, 0.15) is 36.3 Å². The van der Waals surface area contributed by atoms with Crippen molar-refractivity contribution in [3.8, 4) is 0 Å². The van der Waals surface area contributed by atoms with Gasteiger partial charge in [-0.3, -0.25) is 9.58 Å². The maximum Gasteiger partial charge on any atom is 0.150 e. The van der Waals surface area contributed by atoms with Gasteiger partial charge in [0.15, 0.2) is 5.76 Å². The molecule has 1 aliphatic rings. The highest BCUT2D eigenvalue weighted by Gasteiger charge is 2.24. The molecule has 0 amide bonds. The molecule has 5 heteroatoms. The number of aromatic nitrogens is 3. The van der Waals surface area contributed by atoms with E-state index < -0.39 is 0 Å². The summed E-state index contributed by atoms with van der Waals surface area (Å²) in [5.41, 5.74) is 2.18. The summed E-state index contributed by atoms with van der Waals surface area (Å²) in [6.45, 7) is 6.99. The third-order valence-corrected chi connectivity index (χ3v) is 3.94. The predicted octanol–water partition coefficient (Wildman–Crippen LogP) is 2.54. The molecule has 2 aromatic rings. The van der Waals surface area contributed by atoms with E-state index in [1.807, 2.05) is 19.2 Å². The van der Waals surface area contributed by atoms with Crippen molar-refractivity contribution < 1.29 is 4.52 Å². The maximum atomic E-state index is 5.36. The molecule has 0 saturated carbocycles. The summed E-state index contributed by atoms with van der Waals surface area (Å²) in [6.07, 6.45) is 7.84. The minimum atomic E-state index is 0.536. The first-order valence-corrected chi connectivity index (χ1v) is 7.36. The first-order valence-electron chi connectivity index (χ1n) is 7.36. The number of piperidine rings is 1. The second kappa shape index (κ2) is 5.79. The second-order valence-corrected chi connectivity index (χ2v) is 5.79. The van der Waals surface area contributed by atoms with Crippen molar-refractivity contribution in [2.75, 3.05) is 6.54 Å². The van der Waals surface area contributed by atoms with Crippen LogP contribution in [0.4, 0.5) is 0 Å². The van der Waals surface area contributed by atoms with E-state index >= 15 is 0 Å². The van der Waals surface area contributed by atoms with E-state index in [0.717, 1.165) is 31.1 Å². The van der Waals surface area contributed by atoms with Crippen molar-refractivity contribution in [2.45, 2.75) is 52.2 Å². The van der Waals surface area contributed by atoms with Gasteiger partial charge in [-0.15, -0.1) is 0 Å². The lowest BCUT2D eigenvalue weighted by Crippen LogP contribution is -2.41. The highest BCUT2D eigenvalue weighted by atomic mass is 16.5. The van der Waals surface area contributed by atoms with Gasteiger partial charge in [-0.2, -0.15) is 5.10 Å². The van der Waals surface area contributed by atoms with Crippen molar-refractivity contribution >= 4 is 0 Å². The van der Waals surface area contributed by atoms with Crippen LogP contribution >= 0.6 is 0 Å². The van der Waals surface area contributed by atoms with Crippen molar-refractivity contribution in [3.63, 3.8) is 0 Å². The van der Waals surface area contributed by atoms with Crippen LogP contribution in [-0.2, 0) is 13.1 Å². The van der Waals surface area contributed by atoms with Gasteiger partial charge < -0.3 is 4.52 Å². The van der Waals surface area contributed by atoms with Gasteiger partial charge in [0, 0.05) is 18.3 Å². The van der Waals surface area contributed by atoms with E-state index in [0.29, 0.717) is 6.04 Å². The van der Waals surface area contributed by atoms with Crippen LogP contribution in [0, 0.1) is 13.8 Å². The highest BCUT2D eigenvalue weighted by molar-refractivity contribution is 5.03. The van der Waals surface area contributed by atoms with E-state index in [2.05, 4.69) is 33.0 Å². The molecule has 0 aliphatic carbocycles. The number of likely N-dealkylation sites (tertiary alicyclic amines) is 1. The lowest BCUT2D eigenvalue weighted by atomic mass is 10.0. The fourth-order valence-electron chi connectivity index (χ4n) is 2.95. The molecule has 2 aromatic heterocycles. The summed E-state index contributed by atoms with van der Waals surface area (Å²) in [5.74, 6) is 0.964. The maximum absolute atomic E-state index is 5.36. The Bertz CT molecular complexity index is 509. The fraction of sp³-hybridized carbons (Fsp3) is 0.600. The van der Waals surface area contributed by atoms with Crippen LogP contribution in [0.25, 0.3) is 0 Å². The first kappa shape index (κ1) is 13.4. The van der Waals surface area contributed by atoms with Gasteiger partial charge in [-0.1, -0.05) is 11.6 Å². The average Bonchev–Trinajstić information content (AvgIpc) is 3.01. The topological polar surface area (TPSA) is 47.1 Å². The molecule has 1 saturated heterocycles. The summed E-state index contributed by atoms with van der Waals surface area (Å²) < 4.78 is 7.42. The van der Waals surface area contributed by atoms with Gasteiger partial charge in [0.2, 0.25) is 0 Å². The summed E-state index contributed by atoms with van der Waals surface area (Å²) >= 11 is 0. The van der Waals surface area contributed by atoms with Gasteiger partial charge in [0.05, 0.1) is 25.0 Å². The molecule has 5 nitrogen and oxygen atoms in total. The number of hydrogen-bond donors (Lipinski definition) is 0. The van der Waals surface area contributed by atoms with E-state index in [4.69, 9.17) is 4.52 Å². The van der Waals surface area contributed by atoms with Gasteiger partial charge in [0.1, 0.15) is 0 Å².